The van der Waals surface area contributed by atoms with Crippen LogP contribution in [0.3, 0.4) is 0 Å². The number of thiazole rings is 1. The lowest BCUT2D eigenvalue weighted by atomic mass is 9.98. The molecule has 6 nitrogen and oxygen atoms in total. The molecule has 3 aromatic carbocycles. The van der Waals surface area contributed by atoms with Crippen LogP contribution < -0.4 is 10.5 Å². The fourth-order valence-electron chi connectivity index (χ4n) is 4.87. The zero-order valence-corrected chi connectivity index (χ0v) is 22.7. The van der Waals surface area contributed by atoms with Gasteiger partial charge in [-0.3, -0.25) is 9.00 Å². The average molecular weight is 532 g/mol. The number of amides is 1. The number of carbonyl (C=O) groups excluding carboxylic acids is 1. The van der Waals surface area contributed by atoms with Crippen molar-refractivity contribution in [2.45, 2.75) is 31.7 Å². The van der Waals surface area contributed by atoms with Gasteiger partial charge in [0.2, 0.25) is 0 Å². The molecule has 0 fully saturated rings. The maximum absolute atomic E-state index is 13.7. The standard InChI is InChI=1S/C29H29N3O3S2/c1-4-23-18(2)27(37(3)34)12-10-24(23)28(33)32-13-14-35-26-11-9-21(15-22(26)16-32)19-5-7-20(8-6-19)25-17-36-29(30)31-25/h5-12,15,17H,4,13-14,16H2,1-3H3,(H2,30,31). The van der Waals surface area contributed by atoms with Crippen LogP contribution in [0.25, 0.3) is 22.4 Å². The van der Waals surface area contributed by atoms with Crippen molar-refractivity contribution in [1.29, 1.82) is 0 Å². The van der Waals surface area contributed by atoms with E-state index in [2.05, 4.69) is 23.2 Å². The van der Waals surface area contributed by atoms with Gasteiger partial charge >= 0.3 is 0 Å². The third kappa shape index (κ3) is 5.04. The van der Waals surface area contributed by atoms with Gasteiger partial charge in [0.15, 0.2) is 5.13 Å². The molecule has 0 bridgehead atoms. The molecule has 5 rings (SSSR count). The van der Waals surface area contributed by atoms with Crippen LogP contribution >= 0.6 is 11.3 Å². The number of nitrogens with two attached hydrogens (primary N) is 1. The van der Waals surface area contributed by atoms with Crippen molar-refractivity contribution in [3.63, 3.8) is 0 Å². The number of anilines is 1. The topological polar surface area (TPSA) is 85.5 Å². The maximum Gasteiger partial charge on any atom is 0.254 e. The molecule has 37 heavy (non-hydrogen) atoms. The monoisotopic (exact) mass is 531 g/mol. The first-order valence-corrected chi connectivity index (χ1v) is 14.6. The lowest BCUT2D eigenvalue weighted by Gasteiger charge is -2.23. The first kappa shape index (κ1) is 25.2. The number of nitrogens with zero attached hydrogens (tertiary/aromatic N) is 2. The van der Waals surface area contributed by atoms with Crippen molar-refractivity contribution >= 4 is 33.2 Å². The molecular formula is C29H29N3O3S2. The second-order valence-corrected chi connectivity index (χ2v) is 11.3. The molecular weight excluding hydrogens is 502 g/mol. The number of rotatable bonds is 5. The maximum atomic E-state index is 13.7. The Hall–Kier alpha value is -3.49. The Labute approximate surface area is 223 Å². The van der Waals surface area contributed by atoms with Crippen LogP contribution in [0.2, 0.25) is 0 Å². The zero-order valence-electron chi connectivity index (χ0n) is 21.1. The summed E-state index contributed by atoms with van der Waals surface area (Å²) in [4.78, 5) is 20.7. The predicted molar refractivity (Wildman–Crippen MR) is 151 cm³/mol. The first-order chi connectivity index (χ1) is 17.9. The van der Waals surface area contributed by atoms with E-state index in [4.69, 9.17) is 10.5 Å². The van der Waals surface area contributed by atoms with E-state index in [1.807, 2.05) is 60.5 Å². The number of nitrogen functional groups attached to an aromatic ring is 1. The van der Waals surface area contributed by atoms with Crippen LogP contribution in [-0.4, -0.2) is 39.4 Å². The van der Waals surface area contributed by atoms with Crippen molar-refractivity contribution in [2.24, 2.45) is 0 Å². The summed E-state index contributed by atoms with van der Waals surface area (Å²) in [7, 11) is -1.10. The molecule has 0 spiro atoms. The first-order valence-electron chi connectivity index (χ1n) is 12.2. The van der Waals surface area contributed by atoms with Gasteiger partial charge in [0.25, 0.3) is 5.91 Å². The van der Waals surface area contributed by atoms with Crippen LogP contribution in [0.15, 0.2) is 64.9 Å². The quantitative estimate of drug-likeness (QED) is 0.357. The van der Waals surface area contributed by atoms with Crippen LogP contribution in [0.4, 0.5) is 5.13 Å². The number of carbonyl (C=O) groups is 1. The smallest absolute Gasteiger partial charge is 0.254 e. The number of hydrogen-bond acceptors (Lipinski definition) is 6. The number of hydrogen-bond donors (Lipinski definition) is 1. The molecule has 0 saturated carbocycles. The van der Waals surface area contributed by atoms with Crippen molar-refractivity contribution in [3.05, 3.63) is 82.2 Å². The van der Waals surface area contributed by atoms with Crippen LogP contribution in [0, 0.1) is 6.92 Å². The fraction of sp³-hybridized carbons (Fsp3) is 0.241. The van der Waals surface area contributed by atoms with Crippen LogP contribution in [-0.2, 0) is 23.8 Å². The number of fused-ring (bicyclic) bond motifs is 1. The third-order valence-electron chi connectivity index (χ3n) is 6.81. The van der Waals surface area contributed by atoms with Crippen molar-refractivity contribution in [2.75, 3.05) is 25.1 Å². The number of benzene rings is 3. The van der Waals surface area contributed by atoms with Gasteiger partial charge in [-0.2, -0.15) is 0 Å². The minimum Gasteiger partial charge on any atom is -0.491 e. The highest BCUT2D eigenvalue weighted by molar-refractivity contribution is 7.84. The summed E-state index contributed by atoms with van der Waals surface area (Å²) in [5, 5.41) is 2.51. The van der Waals surface area contributed by atoms with Crippen molar-refractivity contribution in [1.82, 2.24) is 9.88 Å². The van der Waals surface area contributed by atoms with E-state index >= 15 is 0 Å². The Morgan fingerprint density at radius 1 is 1.11 bits per heavy atom. The Balaban J connectivity index is 1.42. The van der Waals surface area contributed by atoms with E-state index in [9.17, 15) is 9.00 Å². The Kier molecular flexibility index (Phi) is 7.13. The molecule has 1 aliphatic rings. The molecule has 1 unspecified atom stereocenters. The molecule has 190 valence electrons. The molecule has 0 saturated heterocycles. The van der Waals surface area contributed by atoms with E-state index in [-0.39, 0.29) is 5.91 Å². The fourth-order valence-corrected chi connectivity index (χ4v) is 6.26. The molecule has 1 amide bonds. The molecule has 1 atom stereocenters. The van der Waals surface area contributed by atoms with Gasteiger partial charge in [0.1, 0.15) is 12.4 Å². The van der Waals surface area contributed by atoms with E-state index in [1.165, 1.54) is 11.3 Å². The van der Waals surface area contributed by atoms with Crippen LogP contribution in [0.5, 0.6) is 5.75 Å². The molecule has 2 N–H and O–H groups in total. The molecule has 8 heteroatoms. The molecule has 4 aromatic rings. The molecule has 1 aromatic heterocycles. The lowest BCUT2D eigenvalue weighted by Crippen LogP contribution is -2.33. The highest BCUT2D eigenvalue weighted by atomic mass is 32.2. The van der Waals surface area contributed by atoms with Gasteiger partial charge < -0.3 is 15.4 Å². The predicted octanol–water partition coefficient (Wildman–Crippen LogP) is 5.70. The minimum absolute atomic E-state index is 0.0258. The minimum atomic E-state index is -1.10. The number of aromatic nitrogens is 1. The molecule has 0 aliphatic carbocycles. The van der Waals surface area contributed by atoms with Gasteiger partial charge in [-0.05, 0) is 59.9 Å². The zero-order chi connectivity index (χ0) is 26.1. The van der Waals surface area contributed by atoms with Gasteiger partial charge in [-0.15, -0.1) is 11.3 Å². The van der Waals surface area contributed by atoms with Gasteiger partial charge in [-0.1, -0.05) is 37.3 Å². The van der Waals surface area contributed by atoms with E-state index in [1.54, 1.807) is 6.26 Å². The molecule has 0 radical (unpaired) electrons. The highest BCUT2D eigenvalue weighted by Gasteiger charge is 2.24. The van der Waals surface area contributed by atoms with Crippen molar-refractivity contribution < 1.29 is 13.7 Å². The summed E-state index contributed by atoms with van der Waals surface area (Å²) in [5.41, 5.74) is 13.3. The average Bonchev–Trinajstić information content (AvgIpc) is 3.22. The van der Waals surface area contributed by atoms with Gasteiger partial charge in [0, 0.05) is 39.8 Å². The summed E-state index contributed by atoms with van der Waals surface area (Å²) in [5.74, 6) is 0.777. The lowest BCUT2D eigenvalue weighted by molar-refractivity contribution is 0.0732. The second-order valence-electron chi connectivity index (χ2n) is 9.07. The summed E-state index contributed by atoms with van der Waals surface area (Å²) in [6.45, 7) is 5.37. The van der Waals surface area contributed by atoms with Crippen molar-refractivity contribution in [3.8, 4) is 28.1 Å². The summed E-state index contributed by atoms with van der Waals surface area (Å²) in [6, 6.07) is 18.0. The third-order valence-corrected chi connectivity index (χ3v) is 8.54. The van der Waals surface area contributed by atoms with Gasteiger partial charge in [0.05, 0.1) is 23.0 Å². The second kappa shape index (κ2) is 10.5. The Bertz CT molecular complexity index is 1500. The summed E-state index contributed by atoms with van der Waals surface area (Å²) >= 11 is 1.43. The van der Waals surface area contributed by atoms with E-state index in [0.29, 0.717) is 36.8 Å². The summed E-state index contributed by atoms with van der Waals surface area (Å²) < 4.78 is 18.1. The van der Waals surface area contributed by atoms with Crippen LogP contribution in [0.1, 0.15) is 34.0 Å². The van der Waals surface area contributed by atoms with Gasteiger partial charge in [-0.25, -0.2) is 4.98 Å². The molecule has 1 aliphatic heterocycles. The number of ether oxygens (including phenoxy) is 1. The van der Waals surface area contributed by atoms with E-state index in [0.717, 1.165) is 49.7 Å². The highest BCUT2D eigenvalue weighted by Crippen LogP contribution is 2.32. The Morgan fingerprint density at radius 3 is 2.51 bits per heavy atom. The molecule has 2 heterocycles. The summed E-state index contributed by atoms with van der Waals surface area (Å²) in [6.07, 6.45) is 2.37. The van der Waals surface area contributed by atoms with E-state index < -0.39 is 10.8 Å². The largest absolute Gasteiger partial charge is 0.491 e. The SMILES string of the molecule is CCc1c(C(=O)N2CCOc3ccc(-c4ccc(-c5csc(N)n5)cc4)cc3C2)ccc(S(C)=O)c1C. The normalized spacial score (nSPS) is 14.0. The Morgan fingerprint density at radius 2 is 1.84 bits per heavy atom.